The average molecular weight is 344 g/mol. The van der Waals surface area contributed by atoms with Gasteiger partial charge in [0.2, 0.25) is 5.91 Å². The largest absolute Gasteiger partial charge is 0.384 e. The predicted molar refractivity (Wildman–Crippen MR) is 96.9 cm³/mol. The molecule has 0 aliphatic carbocycles. The Morgan fingerprint density at radius 1 is 1.33 bits per heavy atom. The number of carbonyl (C=O) groups excluding carboxylic acids is 1. The van der Waals surface area contributed by atoms with E-state index in [4.69, 9.17) is 0 Å². The van der Waals surface area contributed by atoms with Gasteiger partial charge in [-0.15, -0.1) is 11.3 Å². The molecule has 4 nitrogen and oxygen atoms in total. The summed E-state index contributed by atoms with van der Waals surface area (Å²) >= 11 is 1.65. The fourth-order valence-corrected chi connectivity index (χ4v) is 3.97. The number of benzene rings is 1. The van der Waals surface area contributed by atoms with E-state index < -0.39 is 5.60 Å². The van der Waals surface area contributed by atoms with Gasteiger partial charge < -0.3 is 10.4 Å². The van der Waals surface area contributed by atoms with Gasteiger partial charge >= 0.3 is 0 Å². The number of rotatable bonds is 6. The second kappa shape index (κ2) is 7.47. The van der Waals surface area contributed by atoms with Crippen LogP contribution in [-0.4, -0.2) is 35.5 Å². The Bertz CT molecular complexity index is 686. The van der Waals surface area contributed by atoms with Crippen molar-refractivity contribution in [2.24, 2.45) is 0 Å². The molecule has 3 rings (SSSR count). The van der Waals surface area contributed by atoms with Crippen LogP contribution in [0.5, 0.6) is 0 Å². The summed E-state index contributed by atoms with van der Waals surface area (Å²) < 4.78 is 0. The maximum absolute atomic E-state index is 12.0. The number of β-amino-alcohol motifs (C(OH)–C–C–N with tert-alkyl or cyclic N) is 1. The number of aryl methyl sites for hydroxylation is 1. The van der Waals surface area contributed by atoms with E-state index in [1.807, 2.05) is 48.7 Å². The van der Waals surface area contributed by atoms with Crippen LogP contribution in [0, 0.1) is 6.92 Å². The highest BCUT2D eigenvalue weighted by Crippen LogP contribution is 2.33. The van der Waals surface area contributed by atoms with Crippen LogP contribution in [0.1, 0.15) is 28.8 Å². The van der Waals surface area contributed by atoms with Crippen molar-refractivity contribution in [1.29, 1.82) is 0 Å². The Kier molecular flexibility index (Phi) is 5.33. The van der Waals surface area contributed by atoms with Crippen molar-refractivity contribution >= 4 is 17.2 Å². The van der Waals surface area contributed by atoms with E-state index in [1.54, 1.807) is 11.3 Å². The SMILES string of the molecule is Cc1ccccc1[C@@]1(O)CCN(CCC(=O)NCc2cccs2)C1. The smallest absolute Gasteiger partial charge is 0.221 e. The van der Waals surface area contributed by atoms with Crippen molar-refractivity contribution < 1.29 is 9.90 Å². The first-order chi connectivity index (χ1) is 11.6. The minimum atomic E-state index is -0.793. The van der Waals surface area contributed by atoms with Crippen LogP contribution in [0.2, 0.25) is 0 Å². The number of hydrogen-bond donors (Lipinski definition) is 2. The Balaban J connectivity index is 1.47. The molecule has 1 fully saturated rings. The summed E-state index contributed by atoms with van der Waals surface area (Å²) in [6, 6.07) is 12.0. The lowest BCUT2D eigenvalue weighted by atomic mass is 9.89. The van der Waals surface area contributed by atoms with Gasteiger partial charge in [-0.25, -0.2) is 0 Å². The van der Waals surface area contributed by atoms with Crippen LogP contribution < -0.4 is 5.32 Å². The summed E-state index contributed by atoms with van der Waals surface area (Å²) in [5.41, 5.74) is 1.34. The number of carbonyl (C=O) groups is 1. The fourth-order valence-electron chi connectivity index (χ4n) is 3.32. The minimum absolute atomic E-state index is 0.0646. The molecule has 0 bridgehead atoms. The summed E-state index contributed by atoms with van der Waals surface area (Å²) in [6.45, 7) is 4.74. The summed E-state index contributed by atoms with van der Waals surface area (Å²) in [6.07, 6.45) is 1.18. The number of hydrogen-bond acceptors (Lipinski definition) is 4. The first-order valence-electron chi connectivity index (χ1n) is 8.37. The molecule has 1 aromatic carbocycles. The van der Waals surface area contributed by atoms with Gasteiger partial charge in [0.25, 0.3) is 0 Å². The van der Waals surface area contributed by atoms with Crippen LogP contribution in [0.15, 0.2) is 41.8 Å². The third kappa shape index (κ3) is 4.04. The molecule has 5 heteroatoms. The summed E-state index contributed by atoms with van der Waals surface area (Å²) in [4.78, 5) is 15.3. The first kappa shape index (κ1) is 17.1. The zero-order chi connectivity index (χ0) is 17.0. The molecule has 1 aromatic heterocycles. The van der Waals surface area contributed by atoms with Gasteiger partial charge in [0.1, 0.15) is 5.60 Å². The van der Waals surface area contributed by atoms with E-state index in [2.05, 4.69) is 10.2 Å². The number of thiophene rings is 1. The third-order valence-electron chi connectivity index (χ3n) is 4.67. The number of likely N-dealkylation sites (tertiary alicyclic amines) is 1. The number of nitrogens with one attached hydrogen (secondary N) is 1. The molecule has 1 atom stereocenters. The van der Waals surface area contributed by atoms with E-state index in [-0.39, 0.29) is 5.91 Å². The Labute approximate surface area is 147 Å². The zero-order valence-electron chi connectivity index (χ0n) is 14.0. The minimum Gasteiger partial charge on any atom is -0.384 e. The highest BCUT2D eigenvalue weighted by molar-refractivity contribution is 7.09. The molecule has 0 unspecified atom stereocenters. The van der Waals surface area contributed by atoms with Crippen LogP contribution >= 0.6 is 11.3 Å². The Morgan fingerprint density at radius 2 is 2.17 bits per heavy atom. The van der Waals surface area contributed by atoms with Gasteiger partial charge in [-0.1, -0.05) is 30.3 Å². The van der Waals surface area contributed by atoms with Crippen molar-refractivity contribution in [3.63, 3.8) is 0 Å². The summed E-state index contributed by atoms with van der Waals surface area (Å²) in [5, 5.41) is 15.9. The average Bonchev–Trinajstić information content (AvgIpc) is 3.22. The number of aliphatic hydroxyl groups is 1. The molecule has 2 N–H and O–H groups in total. The molecular formula is C19H24N2O2S. The van der Waals surface area contributed by atoms with Crippen LogP contribution in [-0.2, 0) is 16.9 Å². The Hall–Kier alpha value is -1.69. The molecule has 2 aromatic rings. The van der Waals surface area contributed by atoms with E-state index in [0.717, 1.165) is 17.7 Å². The van der Waals surface area contributed by atoms with Gasteiger partial charge in [0.05, 0.1) is 6.54 Å². The molecule has 1 aliphatic rings. The van der Waals surface area contributed by atoms with Crippen molar-refractivity contribution in [2.75, 3.05) is 19.6 Å². The molecule has 0 saturated carbocycles. The molecule has 2 heterocycles. The van der Waals surface area contributed by atoms with Gasteiger partial charge in [0.15, 0.2) is 0 Å². The van der Waals surface area contributed by atoms with Crippen molar-refractivity contribution in [1.82, 2.24) is 10.2 Å². The lowest BCUT2D eigenvalue weighted by Crippen LogP contribution is -2.33. The van der Waals surface area contributed by atoms with Gasteiger partial charge in [-0.05, 0) is 35.9 Å². The maximum atomic E-state index is 12.0. The third-order valence-corrected chi connectivity index (χ3v) is 5.54. The maximum Gasteiger partial charge on any atom is 0.221 e. The van der Waals surface area contributed by atoms with Crippen LogP contribution in [0.3, 0.4) is 0 Å². The quantitative estimate of drug-likeness (QED) is 0.847. The predicted octanol–water partition coefficient (Wildman–Crippen LogP) is 2.66. The van der Waals surface area contributed by atoms with Gasteiger partial charge in [0, 0.05) is 30.9 Å². The molecule has 1 saturated heterocycles. The molecule has 0 spiro atoms. The monoisotopic (exact) mass is 344 g/mol. The van der Waals surface area contributed by atoms with E-state index in [9.17, 15) is 9.90 Å². The second-order valence-corrected chi connectivity index (χ2v) is 7.51. The Morgan fingerprint density at radius 3 is 2.92 bits per heavy atom. The lowest BCUT2D eigenvalue weighted by molar-refractivity contribution is -0.121. The molecule has 24 heavy (non-hydrogen) atoms. The first-order valence-corrected chi connectivity index (χ1v) is 9.25. The summed E-state index contributed by atoms with van der Waals surface area (Å²) in [7, 11) is 0. The van der Waals surface area contributed by atoms with Gasteiger partial charge in [-0.3, -0.25) is 9.69 Å². The van der Waals surface area contributed by atoms with E-state index in [1.165, 1.54) is 4.88 Å². The molecule has 128 valence electrons. The molecule has 1 aliphatic heterocycles. The normalized spacial score (nSPS) is 21.1. The van der Waals surface area contributed by atoms with E-state index >= 15 is 0 Å². The van der Waals surface area contributed by atoms with Crippen molar-refractivity contribution in [3.05, 3.63) is 57.8 Å². The topological polar surface area (TPSA) is 52.6 Å². The molecule has 0 radical (unpaired) electrons. The second-order valence-electron chi connectivity index (χ2n) is 6.48. The lowest BCUT2D eigenvalue weighted by Gasteiger charge is -2.25. The van der Waals surface area contributed by atoms with Crippen molar-refractivity contribution in [3.8, 4) is 0 Å². The van der Waals surface area contributed by atoms with E-state index in [0.29, 0.717) is 32.5 Å². The zero-order valence-corrected chi connectivity index (χ0v) is 14.8. The fraction of sp³-hybridized carbons (Fsp3) is 0.421. The number of amides is 1. The van der Waals surface area contributed by atoms with Crippen LogP contribution in [0.4, 0.5) is 0 Å². The van der Waals surface area contributed by atoms with Crippen molar-refractivity contribution in [2.45, 2.75) is 31.9 Å². The number of nitrogens with zero attached hydrogens (tertiary/aromatic N) is 1. The summed E-state index contributed by atoms with van der Waals surface area (Å²) in [5.74, 6) is 0.0646. The highest BCUT2D eigenvalue weighted by atomic mass is 32.1. The standard InChI is InChI=1S/C19H24N2O2S/c1-15-5-2-3-7-17(15)19(23)9-11-21(14-19)10-8-18(22)20-13-16-6-4-12-24-16/h2-7,12,23H,8-11,13-14H2,1H3,(H,20,22)/t19-/m1/s1. The van der Waals surface area contributed by atoms with Gasteiger partial charge in [-0.2, -0.15) is 0 Å². The molecular weight excluding hydrogens is 320 g/mol. The highest BCUT2D eigenvalue weighted by Gasteiger charge is 2.38. The molecule has 1 amide bonds. The van der Waals surface area contributed by atoms with Crippen LogP contribution in [0.25, 0.3) is 0 Å².